The Hall–Kier alpha value is -2.17. The highest BCUT2D eigenvalue weighted by Crippen LogP contribution is 2.21. The summed E-state index contributed by atoms with van der Waals surface area (Å²) in [7, 11) is 0. The Labute approximate surface area is 136 Å². The van der Waals surface area contributed by atoms with E-state index in [2.05, 4.69) is 17.0 Å². The first-order valence-electron chi connectivity index (χ1n) is 7.92. The molecule has 0 spiro atoms. The van der Waals surface area contributed by atoms with Gasteiger partial charge in [0.15, 0.2) is 0 Å². The molecule has 1 heterocycles. The number of hydrogen-bond donors (Lipinski definition) is 1. The summed E-state index contributed by atoms with van der Waals surface area (Å²) in [4.78, 5) is 14.2. The molecule has 1 fully saturated rings. The van der Waals surface area contributed by atoms with Crippen LogP contribution in [0.15, 0.2) is 60.7 Å². The molecule has 120 valence electrons. The summed E-state index contributed by atoms with van der Waals surface area (Å²) in [5, 5.41) is 10.2. The molecule has 1 saturated heterocycles. The van der Waals surface area contributed by atoms with Gasteiger partial charge in [0.2, 0.25) is 0 Å². The molecule has 0 saturated carbocycles. The van der Waals surface area contributed by atoms with Crippen LogP contribution in [-0.4, -0.2) is 41.3 Å². The summed E-state index contributed by atoms with van der Waals surface area (Å²) in [6.45, 7) is 1.77. The second kappa shape index (κ2) is 7.40. The van der Waals surface area contributed by atoms with Crippen molar-refractivity contribution in [1.82, 2.24) is 4.90 Å². The third kappa shape index (κ3) is 3.97. The minimum absolute atomic E-state index is 0.150. The molecule has 0 aliphatic carbocycles. The first-order chi connectivity index (χ1) is 11.2. The maximum atomic E-state index is 12.1. The van der Waals surface area contributed by atoms with Gasteiger partial charge in [0.05, 0.1) is 17.7 Å². The highest BCUT2D eigenvalue weighted by molar-refractivity contribution is 5.89. The quantitative estimate of drug-likeness (QED) is 0.862. The predicted molar refractivity (Wildman–Crippen MR) is 88.0 cm³/mol. The van der Waals surface area contributed by atoms with E-state index in [0.717, 1.165) is 13.1 Å². The third-order valence-corrected chi connectivity index (χ3v) is 4.25. The lowest BCUT2D eigenvalue weighted by molar-refractivity contribution is 0.0225. The SMILES string of the molecule is O=C(OCC1C(O)CCN1Cc1ccccc1)c1ccccc1. The first kappa shape index (κ1) is 15.7. The van der Waals surface area contributed by atoms with Crippen molar-refractivity contribution in [2.45, 2.75) is 25.1 Å². The molecule has 3 rings (SSSR count). The fraction of sp³-hybridized carbons (Fsp3) is 0.316. The van der Waals surface area contributed by atoms with Gasteiger partial charge in [0.1, 0.15) is 6.61 Å². The standard InChI is InChI=1S/C19H21NO3/c21-18-11-12-20(13-15-7-3-1-4-8-15)17(18)14-23-19(22)16-9-5-2-6-10-16/h1-10,17-18,21H,11-14H2. The van der Waals surface area contributed by atoms with Crippen molar-refractivity contribution in [2.24, 2.45) is 0 Å². The number of esters is 1. The van der Waals surface area contributed by atoms with Crippen molar-refractivity contribution in [3.8, 4) is 0 Å². The van der Waals surface area contributed by atoms with Gasteiger partial charge in [0, 0.05) is 13.1 Å². The summed E-state index contributed by atoms with van der Waals surface area (Å²) in [5.41, 5.74) is 1.73. The Morgan fingerprint density at radius 2 is 1.74 bits per heavy atom. The molecule has 23 heavy (non-hydrogen) atoms. The molecule has 4 nitrogen and oxygen atoms in total. The predicted octanol–water partition coefficient (Wildman–Crippen LogP) is 2.48. The zero-order valence-corrected chi connectivity index (χ0v) is 13.0. The number of rotatable bonds is 5. The normalized spacial score (nSPS) is 21.3. The van der Waals surface area contributed by atoms with E-state index in [-0.39, 0.29) is 18.6 Å². The second-order valence-electron chi connectivity index (χ2n) is 5.84. The zero-order valence-electron chi connectivity index (χ0n) is 13.0. The molecule has 0 bridgehead atoms. The summed E-state index contributed by atoms with van der Waals surface area (Å²) in [6, 6.07) is 18.9. The lowest BCUT2D eigenvalue weighted by Gasteiger charge is -2.25. The van der Waals surface area contributed by atoms with Crippen molar-refractivity contribution < 1.29 is 14.6 Å². The Kier molecular flexibility index (Phi) is 5.05. The van der Waals surface area contributed by atoms with Crippen LogP contribution in [-0.2, 0) is 11.3 Å². The van der Waals surface area contributed by atoms with Crippen LogP contribution >= 0.6 is 0 Å². The maximum absolute atomic E-state index is 12.1. The van der Waals surface area contributed by atoms with Gasteiger partial charge in [-0.3, -0.25) is 4.90 Å². The summed E-state index contributed by atoms with van der Waals surface area (Å²) >= 11 is 0. The number of aliphatic hydroxyl groups excluding tert-OH is 1. The molecular formula is C19H21NO3. The maximum Gasteiger partial charge on any atom is 0.338 e. The van der Waals surface area contributed by atoms with Crippen LogP contribution in [0, 0.1) is 0 Å². The Morgan fingerprint density at radius 1 is 1.09 bits per heavy atom. The number of likely N-dealkylation sites (tertiary alicyclic amines) is 1. The zero-order chi connectivity index (χ0) is 16.1. The number of aliphatic hydroxyl groups is 1. The largest absolute Gasteiger partial charge is 0.460 e. The van der Waals surface area contributed by atoms with Gasteiger partial charge in [-0.25, -0.2) is 4.79 Å². The third-order valence-electron chi connectivity index (χ3n) is 4.25. The van der Waals surface area contributed by atoms with Gasteiger partial charge in [-0.2, -0.15) is 0 Å². The van der Waals surface area contributed by atoms with E-state index in [4.69, 9.17) is 4.74 Å². The van der Waals surface area contributed by atoms with Crippen LogP contribution in [0.4, 0.5) is 0 Å². The number of hydrogen-bond acceptors (Lipinski definition) is 4. The van der Waals surface area contributed by atoms with Crippen molar-refractivity contribution >= 4 is 5.97 Å². The van der Waals surface area contributed by atoms with Gasteiger partial charge >= 0.3 is 5.97 Å². The lowest BCUT2D eigenvalue weighted by Crippen LogP contribution is -2.39. The molecule has 2 aromatic carbocycles. The molecule has 1 aliphatic rings. The van der Waals surface area contributed by atoms with E-state index in [1.807, 2.05) is 36.4 Å². The molecule has 4 heteroatoms. The minimum Gasteiger partial charge on any atom is -0.460 e. The van der Waals surface area contributed by atoms with Crippen molar-refractivity contribution in [3.63, 3.8) is 0 Å². The number of carbonyl (C=O) groups excluding carboxylic acids is 1. The van der Waals surface area contributed by atoms with E-state index in [0.29, 0.717) is 12.0 Å². The van der Waals surface area contributed by atoms with E-state index in [9.17, 15) is 9.90 Å². The van der Waals surface area contributed by atoms with Gasteiger partial charge in [0.25, 0.3) is 0 Å². The average molecular weight is 311 g/mol. The van der Waals surface area contributed by atoms with Crippen LogP contribution in [0.1, 0.15) is 22.3 Å². The lowest BCUT2D eigenvalue weighted by atomic mass is 10.1. The minimum atomic E-state index is -0.456. The van der Waals surface area contributed by atoms with Gasteiger partial charge in [-0.15, -0.1) is 0 Å². The Morgan fingerprint density at radius 3 is 2.43 bits per heavy atom. The molecule has 1 aliphatic heterocycles. The smallest absolute Gasteiger partial charge is 0.338 e. The molecule has 0 aromatic heterocycles. The number of nitrogens with zero attached hydrogens (tertiary/aromatic N) is 1. The fourth-order valence-electron chi connectivity index (χ4n) is 2.95. The molecule has 2 atom stereocenters. The van der Waals surface area contributed by atoms with Gasteiger partial charge in [-0.1, -0.05) is 48.5 Å². The highest BCUT2D eigenvalue weighted by atomic mass is 16.5. The number of carbonyl (C=O) groups is 1. The topological polar surface area (TPSA) is 49.8 Å². The van der Waals surface area contributed by atoms with Crippen molar-refractivity contribution in [3.05, 3.63) is 71.8 Å². The van der Waals surface area contributed by atoms with E-state index < -0.39 is 6.10 Å². The second-order valence-corrected chi connectivity index (χ2v) is 5.84. The Bertz CT molecular complexity index is 630. The van der Waals surface area contributed by atoms with Crippen LogP contribution in [0.2, 0.25) is 0 Å². The number of benzene rings is 2. The van der Waals surface area contributed by atoms with E-state index in [1.54, 1.807) is 12.1 Å². The molecule has 2 unspecified atom stereocenters. The highest BCUT2D eigenvalue weighted by Gasteiger charge is 2.33. The van der Waals surface area contributed by atoms with Crippen molar-refractivity contribution in [2.75, 3.05) is 13.2 Å². The fourth-order valence-corrected chi connectivity index (χ4v) is 2.95. The molecule has 0 radical (unpaired) electrons. The molecule has 0 amide bonds. The summed E-state index contributed by atoms with van der Waals surface area (Å²) < 4.78 is 5.41. The van der Waals surface area contributed by atoms with Crippen LogP contribution in [0.3, 0.4) is 0 Å². The van der Waals surface area contributed by atoms with Crippen molar-refractivity contribution in [1.29, 1.82) is 0 Å². The summed E-state index contributed by atoms with van der Waals surface area (Å²) in [6.07, 6.45) is 0.253. The van der Waals surface area contributed by atoms with Crippen LogP contribution in [0.5, 0.6) is 0 Å². The van der Waals surface area contributed by atoms with Crippen LogP contribution in [0.25, 0.3) is 0 Å². The first-order valence-corrected chi connectivity index (χ1v) is 7.92. The Balaban J connectivity index is 1.59. The molecule has 2 aromatic rings. The number of ether oxygens (including phenoxy) is 1. The molecular weight excluding hydrogens is 290 g/mol. The van der Waals surface area contributed by atoms with Gasteiger partial charge < -0.3 is 9.84 Å². The average Bonchev–Trinajstić information content (AvgIpc) is 2.94. The monoisotopic (exact) mass is 311 g/mol. The van der Waals surface area contributed by atoms with E-state index in [1.165, 1.54) is 5.56 Å². The summed E-state index contributed by atoms with van der Waals surface area (Å²) in [5.74, 6) is -0.343. The molecule has 1 N–H and O–H groups in total. The van der Waals surface area contributed by atoms with Crippen LogP contribution < -0.4 is 0 Å². The van der Waals surface area contributed by atoms with E-state index >= 15 is 0 Å². The van der Waals surface area contributed by atoms with Gasteiger partial charge in [-0.05, 0) is 24.1 Å².